The largest absolute Gasteiger partial charge is 0.402 e. The van der Waals surface area contributed by atoms with Gasteiger partial charge >= 0.3 is 13.3 Å². The molecule has 1 atom stereocenters. The Morgan fingerprint density at radius 3 is 2.42 bits per heavy atom. The van der Waals surface area contributed by atoms with Crippen LogP contribution in [0.3, 0.4) is 0 Å². The minimum atomic E-state index is -4.75. The molecule has 1 heterocycles. The first-order chi connectivity index (χ1) is 8.89. The fourth-order valence-electron chi connectivity index (χ4n) is 1.44. The topological polar surface area (TPSA) is 68.7 Å². The highest BCUT2D eigenvalue weighted by Crippen LogP contribution is 2.65. The average Bonchev–Trinajstić information content (AvgIpc) is 2.39. The Morgan fingerprint density at radius 1 is 1.42 bits per heavy atom. The van der Waals surface area contributed by atoms with E-state index in [1.165, 1.54) is 32.2 Å². The number of aromatic nitrogens is 1. The number of nitrogens with zero attached hydrogens (tertiary/aromatic N) is 1. The lowest BCUT2D eigenvalue weighted by molar-refractivity contribution is -0.0677. The number of hydrogen-bond acceptors (Lipinski definition) is 5. The van der Waals surface area contributed by atoms with Crippen LogP contribution in [0.5, 0.6) is 0 Å². The Bertz CT molecular complexity index is 434. The molecule has 1 rings (SSSR count). The molecule has 0 saturated carbocycles. The molecule has 1 aromatic rings. The van der Waals surface area contributed by atoms with E-state index in [4.69, 9.17) is 0 Å². The summed E-state index contributed by atoms with van der Waals surface area (Å²) in [6, 6.07) is 2.65. The van der Waals surface area contributed by atoms with Crippen LogP contribution in [0.1, 0.15) is 25.5 Å². The van der Waals surface area contributed by atoms with E-state index in [-0.39, 0.29) is 18.8 Å². The van der Waals surface area contributed by atoms with E-state index >= 15 is 0 Å². The number of halogens is 2. The third-order valence-electron chi connectivity index (χ3n) is 2.29. The molecule has 0 saturated heterocycles. The second kappa shape index (κ2) is 6.52. The van der Waals surface area contributed by atoms with Crippen LogP contribution in [0.15, 0.2) is 24.5 Å². The summed E-state index contributed by atoms with van der Waals surface area (Å²) in [5.41, 5.74) is -4.21. The van der Waals surface area contributed by atoms with Gasteiger partial charge in [-0.3, -0.25) is 9.55 Å². The van der Waals surface area contributed by atoms with Crippen molar-refractivity contribution < 1.29 is 27.5 Å². The van der Waals surface area contributed by atoms with Crippen molar-refractivity contribution in [2.45, 2.75) is 25.6 Å². The number of alkyl halides is 2. The number of aliphatic hydroxyl groups is 1. The first-order valence-electron chi connectivity index (χ1n) is 5.74. The number of pyridine rings is 1. The van der Waals surface area contributed by atoms with Crippen molar-refractivity contribution in [1.29, 1.82) is 0 Å². The summed E-state index contributed by atoms with van der Waals surface area (Å²) in [4.78, 5) is 3.63. The van der Waals surface area contributed by atoms with Gasteiger partial charge in [-0.2, -0.15) is 8.78 Å². The molecule has 1 N–H and O–H groups in total. The summed E-state index contributed by atoms with van der Waals surface area (Å²) in [6.07, 6.45) is 0.130. The van der Waals surface area contributed by atoms with Crippen molar-refractivity contribution in [1.82, 2.24) is 4.98 Å². The molecule has 1 unspecified atom stereocenters. The Hall–Kier alpha value is -0.880. The standard InChI is InChI=1S/C11H16F2NO4P/c1-3-17-19(16,18-4-2)11(12,13)10(15)9-6-5-7-14-8-9/h5-8,10,15H,3-4H2,1-2H3. The van der Waals surface area contributed by atoms with Crippen LogP contribution < -0.4 is 0 Å². The van der Waals surface area contributed by atoms with Crippen LogP contribution in [-0.4, -0.2) is 29.0 Å². The van der Waals surface area contributed by atoms with E-state index in [2.05, 4.69) is 14.0 Å². The maximum atomic E-state index is 14.1. The van der Waals surface area contributed by atoms with Crippen LogP contribution in [0.4, 0.5) is 8.78 Å². The lowest BCUT2D eigenvalue weighted by Gasteiger charge is -2.29. The molecule has 5 nitrogen and oxygen atoms in total. The summed E-state index contributed by atoms with van der Waals surface area (Å²) in [5.74, 6) is 0. The third-order valence-corrected chi connectivity index (χ3v) is 4.46. The Balaban J connectivity index is 3.09. The average molecular weight is 295 g/mol. The highest BCUT2D eigenvalue weighted by Gasteiger charge is 2.59. The minimum Gasteiger partial charge on any atom is -0.381 e. The van der Waals surface area contributed by atoms with Crippen LogP contribution >= 0.6 is 7.60 Å². The van der Waals surface area contributed by atoms with Gasteiger partial charge in [0.1, 0.15) is 0 Å². The zero-order valence-electron chi connectivity index (χ0n) is 10.6. The van der Waals surface area contributed by atoms with Gasteiger partial charge in [0.05, 0.1) is 13.2 Å². The molecule has 0 aliphatic heterocycles. The summed E-state index contributed by atoms with van der Waals surface area (Å²) in [6.45, 7) is 2.40. The first-order valence-corrected chi connectivity index (χ1v) is 7.28. The quantitative estimate of drug-likeness (QED) is 0.783. The summed E-state index contributed by atoms with van der Waals surface area (Å²) in [7, 11) is -4.75. The molecule has 108 valence electrons. The second-order valence-electron chi connectivity index (χ2n) is 3.61. The number of aliphatic hydroxyl groups excluding tert-OH is 1. The predicted octanol–water partition coefficient (Wildman–Crippen LogP) is 2.97. The van der Waals surface area contributed by atoms with Crippen LogP contribution in [-0.2, 0) is 13.6 Å². The van der Waals surface area contributed by atoms with Crippen molar-refractivity contribution in [3.8, 4) is 0 Å². The van der Waals surface area contributed by atoms with E-state index in [1.54, 1.807) is 0 Å². The zero-order valence-corrected chi connectivity index (χ0v) is 11.5. The van der Waals surface area contributed by atoms with E-state index in [1.807, 2.05) is 0 Å². The van der Waals surface area contributed by atoms with E-state index in [0.29, 0.717) is 0 Å². The summed E-state index contributed by atoms with van der Waals surface area (Å²) < 4.78 is 49.5. The highest BCUT2D eigenvalue weighted by atomic mass is 31.2. The Labute approximate surface area is 110 Å². The van der Waals surface area contributed by atoms with Gasteiger partial charge in [-0.05, 0) is 19.9 Å². The van der Waals surface area contributed by atoms with E-state index in [9.17, 15) is 18.5 Å². The molecular weight excluding hydrogens is 279 g/mol. The van der Waals surface area contributed by atoms with Crippen LogP contribution in [0.25, 0.3) is 0 Å². The molecule has 0 bridgehead atoms. The second-order valence-corrected chi connectivity index (χ2v) is 5.72. The van der Waals surface area contributed by atoms with Crippen molar-refractivity contribution >= 4 is 7.60 Å². The lowest BCUT2D eigenvalue weighted by atomic mass is 10.2. The molecule has 19 heavy (non-hydrogen) atoms. The minimum absolute atomic E-state index is 0.160. The van der Waals surface area contributed by atoms with Gasteiger partial charge in [-0.15, -0.1) is 0 Å². The summed E-state index contributed by atoms with van der Waals surface area (Å²) in [5, 5.41) is 9.71. The Morgan fingerprint density at radius 2 is 2.00 bits per heavy atom. The van der Waals surface area contributed by atoms with Crippen molar-refractivity contribution in [3.05, 3.63) is 30.1 Å². The highest BCUT2D eigenvalue weighted by molar-refractivity contribution is 7.55. The van der Waals surface area contributed by atoms with Gasteiger partial charge in [-0.25, -0.2) is 0 Å². The SMILES string of the molecule is CCOP(=O)(OCC)C(F)(F)C(O)c1cccnc1. The molecular formula is C11H16F2NO4P. The van der Waals surface area contributed by atoms with Gasteiger partial charge < -0.3 is 14.2 Å². The lowest BCUT2D eigenvalue weighted by Crippen LogP contribution is -2.28. The fraction of sp³-hybridized carbons (Fsp3) is 0.545. The van der Waals surface area contributed by atoms with E-state index < -0.39 is 19.4 Å². The number of rotatable bonds is 7. The molecule has 0 aliphatic rings. The normalized spacial score (nSPS) is 14.4. The van der Waals surface area contributed by atoms with E-state index in [0.717, 1.165) is 6.20 Å². The predicted molar refractivity (Wildman–Crippen MR) is 65.0 cm³/mol. The van der Waals surface area contributed by atoms with Gasteiger partial charge in [0.15, 0.2) is 6.10 Å². The summed E-state index contributed by atoms with van der Waals surface area (Å²) >= 11 is 0. The molecule has 0 amide bonds. The van der Waals surface area contributed by atoms with Crippen LogP contribution in [0.2, 0.25) is 0 Å². The number of hydrogen-bond donors (Lipinski definition) is 1. The third kappa shape index (κ3) is 3.36. The van der Waals surface area contributed by atoms with Gasteiger partial charge in [0.25, 0.3) is 0 Å². The van der Waals surface area contributed by atoms with Gasteiger partial charge in [0, 0.05) is 18.0 Å². The molecule has 1 aromatic heterocycles. The maximum absolute atomic E-state index is 14.1. The first kappa shape index (κ1) is 16.2. The molecule has 0 aromatic carbocycles. The van der Waals surface area contributed by atoms with Crippen molar-refractivity contribution in [2.24, 2.45) is 0 Å². The van der Waals surface area contributed by atoms with Gasteiger partial charge in [-0.1, -0.05) is 6.07 Å². The van der Waals surface area contributed by atoms with Gasteiger partial charge in [0.2, 0.25) is 0 Å². The van der Waals surface area contributed by atoms with Crippen LogP contribution in [0, 0.1) is 0 Å². The van der Waals surface area contributed by atoms with Crippen molar-refractivity contribution in [2.75, 3.05) is 13.2 Å². The van der Waals surface area contributed by atoms with Crippen molar-refractivity contribution in [3.63, 3.8) is 0 Å². The molecule has 0 radical (unpaired) electrons. The molecule has 0 spiro atoms. The molecule has 0 fully saturated rings. The molecule has 8 heteroatoms. The molecule has 0 aliphatic carbocycles. The zero-order chi connectivity index (χ0) is 14.5. The fourth-order valence-corrected chi connectivity index (χ4v) is 2.98. The monoisotopic (exact) mass is 295 g/mol. The Kier molecular flexibility index (Phi) is 5.55. The smallest absolute Gasteiger partial charge is 0.381 e. The maximum Gasteiger partial charge on any atom is 0.402 e.